The van der Waals surface area contributed by atoms with E-state index in [-0.39, 0.29) is 16.8 Å². The number of isothiocyanates is 2. The molecule has 0 unspecified atom stereocenters. The van der Waals surface area contributed by atoms with Crippen LogP contribution in [0.5, 0.6) is 0 Å². The van der Waals surface area contributed by atoms with E-state index in [2.05, 4.69) is 44.9 Å². The summed E-state index contributed by atoms with van der Waals surface area (Å²) >= 11 is 7.40. The molecule has 0 saturated carbocycles. The maximum absolute atomic E-state index is 10.7. The summed E-state index contributed by atoms with van der Waals surface area (Å²) in [4.78, 5) is 5.27. The van der Waals surface area contributed by atoms with Gasteiger partial charge in [0, 0.05) is 26.2 Å². The van der Waals surface area contributed by atoms with Crippen LogP contribution in [0, 0.1) is 0 Å². The normalized spacial score (nSPS) is 22.0. The van der Waals surface area contributed by atoms with Gasteiger partial charge in [0.2, 0.25) is 0 Å². The smallest absolute Gasteiger partial charge is 0.753 e. The first-order valence-electron chi connectivity index (χ1n) is 9.44. The van der Waals surface area contributed by atoms with Crippen LogP contribution in [0.2, 0.25) is 0 Å². The van der Waals surface area contributed by atoms with Crippen molar-refractivity contribution in [3.8, 4) is 0 Å². The maximum atomic E-state index is 10.7. The molecule has 3 rings (SSSR count). The second kappa shape index (κ2) is 22.4. The van der Waals surface area contributed by atoms with Gasteiger partial charge in [-0.3, -0.25) is 0 Å². The van der Waals surface area contributed by atoms with Crippen molar-refractivity contribution in [2.24, 2.45) is 0 Å². The molecule has 16 heteroatoms. The molecule has 3 saturated heterocycles. The molecule has 0 radical (unpaired) electrons. The molecule has 188 valence electrons. The fourth-order valence-corrected chi connectivity index (χ4v) is 2.77. The minimum absolute atomic E-state index is 0. The average molecular weight is 565 g/mol. The number of fused-ring (bicyclic) bond motifs is 12. The van der Waals surface area contributed by atoms with Crippen LogP contribution in [0.4, 0.5) is 13.2 Å². The minimum atomic E-state index is -6.09. The second-order valence-electron chi connectivity index (χ2n) is 6.33. The number of alkyl halides is 3. The molecule has 0 aliphatic carbocycles. The molecular weight excluding hydrogens is 536 g/mol. The zero-order chi connectivity index (χ0) is 24.2. The molecule has 0 aromatic heterocycles. The molecule has 3 fully saturated rings. The van der Waals surface area contributed by atoms with Crippen LogP contribution >= 0.6 is 24.4 Å². The Balaban J connectivity index is -0.000000473. The van der Waals surface area contributed by atoms with Crippen molar-refractivity contribution in [2.75, 3.05) is 65.4 Å². The van der Waals surface area contributed by atoms with E-state index in [9.17, 15) is 13.2 Å². The van der Waals surface area contributed by atoms with Crippen LogP contribution in [-0.2, 0) is 26.9 Å². The molecule has 3 aliphatic rings. The van der Waals surface area contributed by atoms with Gasteiger partial charge in [0.1, 0.15) is 0 Å². The van der Waals surface area contributed by atoms with E-state index in [0.29, 0.717) is 0 Å². The van der Waals surface area contributed by atoms with Crippen LogP contribution in [0.1, 0.15) is 19.3 Å². The van der Waals surface area contributed by atoms with Crippen LogP contribution in [0.3, 0.4) is 0 Å². The standard InChI is InChI=1S/C13H28N4.CHF3O3S.2CNS.Co/c1-4-14-6-12-16-8-2-9-17(11-3-10-16)13-7-15-5-1;2-1(3,4)8(5,6)7;2*2-1-3;/h14-15H,1-13H2;(H,5,6,7);;;/q;;2*-1;+3/p-1. The van der Waals surface area contributed by atoms with Gasteiger partial charge in [-0.05, 0) is 58.5 Å². The summed E-state index contributed by atoms with van der Waals surface area (Å²) in [5.74, 6) is 0. The number of nitrogens with one attached hydrogen (secondary N) is 2. The van der Waals surface area contributed by atoms with Gasteiger partial charge in [0.25, 0.3) is 0 Å². The van der Waals surface area contributed by atoms with Crippen LogP contribution in [-0.4, -0.2) is 104 Å². The van der Waals surface area contributed by atoms with Gasteiger partial charge in [-0.1, -0.05) is 24.4 Å². The third kappa shape index (κ3) is 22.8. The fraction of sp³-hybridized carbons (Fsp3) is 0.875. The van der Waals surface area contributed by atoms with Crippen LogP contribution in [0.25, 0.3) is 10.8 Å². The summed E-state index contributed by atoms with van der Waals surface area (Å²) in [7, 11) is -6.09. The summed E-state index contributed by atoms with van der Waals surface area (Å²) in [5.41, 5.74) is -5.65. The Morgan fingerprint density at radius 3 is 1.31 bits per heavy atom. The molecular formula is C16H28CoF3N6O3S3. The van der Waals surface area contributed by atoms with Gasteiger partial charge < -0.3 is 35.8 Å². The first-order valence-corrected chi connectivity index (χ1v) is 11.7. The Morgan fingerprint density at radius 2 is 1.06 bits per heavy atom. The minimum Gasteiger partial charge on any atom is -0.753 e. The molecule has 3 aliphatic heterocycles. The SMILES string of the molecule is C1CNCCN2CCCN(CCC2)CCNC1.O=S(=O)([O-])C(F)(F)F.[Co+3].[N-]=C=S.[N-]=C=S. The van der Waals surface area contributed by atoms with Crippen molar-refractivity contribution in [3.63, 3.8) is 0 Å². The third-order valence-corrected chi connectivity index (χ3v) is 4.66. The number of nitrogens with zero attached hydrogens (tertiary/aromatic N) is 4. The summed E-state index contributed by atoms with van der Waals surface area (Å²) in [6.45, 7) is 12.2. The summed E-state index contributed by atoms with van der Waals surface area (Å²) in [6, 6.07) is 0. The predicted molar refractivity (Wildman–Crippen MR) is 120 cm³/mol. The van der Waals surface area contributed by atoms with E-state index in [1.165, 1.54) is 68.9 Å². The van der Waals surface area contributed by atoms with Gasteiger partial charge in [0.15, 0.2) is 10.1 Å². The van der Waals surface area contributed by atoms with Crippen molar-refractivity contribution >= 4 is 44.9 Å². The van der Waals surface area contributed by atoms with Crippen molar-refractivity contribution in [1.29, 1.82) is 0 Å². The van der Waals surface area contributed by atoms with Crippen LogP contribution < -0.4 is 10.6 Å². The van der Waals surface area contributed by atoms with E-state index in [1.807, 2.05) is 0 Å². The summed E-state index contributed by atoms with van der Waals surface area (Å²) in [6.07, 6.45) is 3.92. The summed E-state index contributed by atoms with van der Waals surface area (Å²) < 4.78 is 58.9. The number of halogens is 3. The van der Waals surface area contributed by atoms with E-state index in [0.717, 1.165) is 26.2 Å². The number of hydrogen-bond acceptors (Lipinski definition) is 9. The molecule has 0 amide bonds. The van der Waals surface area contributed by atoms with Gasteiger partial charge in [-0.2, -0.15) is 23.5 Å². The number of rotatable bonds is 0. The zero-order valence-electron chi connectivity index (χ0n) is 17.4. The van der Waals surface area contributed by atoms with Crippen LogP contribution in [0.15, 0.2) is 0 Å². The zero-order valence-corrected chi connectivity index (χ0v) is 20.9. The average Bonchev–Trinajstić information content (AvgIpc) is 2.63. The molecule has 9 nitrogen and oxygen atoms in total. The molecule has 0 atom stereocenters. The van der Waals surface area contributed by atoms with Gasteiger partial charge in [-0.15, -0.1) is 0 Å². The summed E-state index contributed by atoms with van der Waals surface area (Å²) in [5, 5.41) is 24.0. The fourth-order valence-electron chi connectivity index (χ4n) is 2.77. The van der Waals surface area contributed by atoms with E-state index < -0.39 is 15.6 Å². The quantitative estimate of drug-likeness (QED) is 0.194. The van der Waals surface area contributed by atoms with E-state index in [1.54, 1.807) is 0 Å². The molecule has 0 spiro atoms. The van der Waals surface area contributed by atoms with E-state index in [4.69, 9.17) is 23.8 Å². The van der Waals surface area contributed by atoms with E-state index >= 15 is 0 Å². The Morgan fingerprint density at radius 1 is 0.781 bits per heavy atom. The molecule has 0 aromatic rings. The topological polar surface area (TPSA) is 132 Å². The molecule has 2 bridgehead atoms. The molecule has 2 N–H and O–H groups in total. The largest absolute Gasteiger partial charge is 3.00 e. The second-order valence-corrected chi connectivity index (χ2v) is 8.06. The van der Waals surface area contributed by atoms with Crippen molar-refractivity contribution in [1.82, 2.24) is 20.4 Å². The van der Waals surface area contributed by atoms with Gasteiger partial charge >= 0.3 is 22.3 Å². The predicted octanol–water partition coefficient (Wildman–Crippen LogP) is 1.33. The van der Waals surface area contributed by atoms with Crippen molar-refractivity contribution in [3.05, 3.63) is 10.8 Å². The van der Waals surface area contributed by atoms with Gasteiger partial charge in [0.05, 0.1) is 0 Å². The third-order valence-electron chi connectivity index (χ3n) is 4.10. The molecule has 0 aromatic carbocycles. The molecule has 32 heavy (non-hydrogen) atoms. The van der Waals surface area contributed by atoms with Gasteiger partial charge in [-0.25, -0.2) is 8.42 Å². The maximum Gasteiger partial charge on any atom is 3.00 e. The van der Waals surface area contributed by atoms with Crippen molar-refractivity contribution in [2.45, 2.75) is 24.8 Å². The Hall–Kier alpha value is -0.354. The number of hydrogen-bond donors (Lipinski definition) is 2. The first-order chi connectivity index (χ1) is 14.5. The van der Waals surface area contributed by atoms with Crippen molar-refractivity contribution < 1.29 is 42.9 Å². The Labute approximate surface area is 208 Å². The Bertz CT molecular complexity index is 587. The molecule has 3 heterocycles. The first kappa shape index (κ1) is 36.2. The Kier molecular flexibility index (Phi) is 25.4. The number of thiocarbonyl (C=S) groups is 2. The monoisotopic (exact) mass is 564 g/mol.